The van der Waals surface area contributed by atoms with Crippen LogP contribution in [0.4, 0.5) is 4.39 Å². The van der Waals surface area contributed by atoms with Gasteiger partial charge >= 0.3 is 0 Å². The lowest BCUT2D eigenvalue weighted by atomic mass is 9.93. The molecule has 1 nitrogen and oxygen atoms in total. The smallest absolute Gasteiger partial charge is 0.137 e. The molecule has 0 fully saturated rings. The van der Waals surface area contributed by atoms with Crippen LogP contribution in [0, 0.1) is 19.7 Å². The van der Waals surface area contributed by atoms with Crippen molar-refractivity contribution in [2.45, 2.75) is 26.3 Å². The summed E-state index contributed by atoms with van der Waals surface area (Å²) in [6.45, 7) is 4.25. The van der Waals surface area contributed by atoms with Crippen LogP contribution in [0.25, 0.3) is 0 Å². The van der Waals surface area contributed by atoms with Crippen molar-refractivity contribution in [2.24, 2.45) is 0 Å². The second-order valence-electron chi connectivity index (χ2n) is 5.05. The minimum absolute atomic E-state index is 0.174. The minimum atomic E-state index is -0.210. The zero-order valence-corrected chi connectivity index (χ0v) is 13.6. The summed E-state index contributed by atoms with van der Waals surface area (Å²) in [4.78, 5) is 0. The molecule has 2 aromatic carbocycles. The van der Waals surface area contributed by atoms with Gasteiger partial charge in [0.1, 0.15) is 5.82 Å². The third kappa shape index (κ3) is 3.10. The van der Waals surface area contributed by atoms with E-state index in [9.17, 15) is 4.39 Å². The van der Waals surface area contributed by atoms with Gasteiger partial charge in [0.15, 0.2) is 0 Å². The van der Waals surface area contributed by atoms with E-state index in [2.05, 4.69) is 53.3 Å². The minimum Gasteiger partial charge on any atom is -0.313 e. The van der Waals surface area contributed by atoms with Gasteiger partial charge < -0.3 is 5.32 Å². The highest BCUT2D eigenvalue weighted by molar-refractivity contribution is 9.10. The van der Waals surface area contributed by atoms with E-state index in [-0.39, 0.29) is 11.9 Å². The summed E-state index contributed by atoms with van der Waals surface area (Å²) < 4.78 is 14.2. The summed E-state index contributed by atoms with van der Waals surface area (Å²) in [5, 5.41) is 3.34. The molecule has 0 saturated carbocycles. The van der Waals surface area contributed by atoms with Crippen molar-refractivity contribution >= 4 is 15.9 Å². The first-order chi connectivity index (χ1) is 9.54. The molecular weight excluding hydrogens is 317 g/mol. The first-order valence-corrected chi connectivity index (χ1v) is 7.50. The van der Waals surface area contributed by atoms with E-state index >= 15 is 0 Å². The molecule has 0 heterocycles. The van der Waals surface area contributed by atoms with Crippen LogP contribution in [0.2, 0.25) is 0 Å². The maximum atomic E-state index is 13.6. The van der Waals surface area contributed by atoms with E-state index < -0.39 is 0 Å². The zero-order valence-electron chi connectivity index (χ0n) is 12.0. The van der Waals surface area contributed by atoms with E-state index in [1.54, 1.807) is 6.07 Å². The SMILES string of the molecule is CNC(Cc1cccc(F)c1Br)c1cccc(C)c1C. The first-order valence-electron chi connectivity index (χ1n) is 6.71. The number of halogens is 2. The Hall–Kier alpha value is -1.19. The summed E-state index contributed by atoms with van der Waals surface area (Å²) in [5.41, 5.74) is 4.81. The van der Waals surface area contributed by atoms with Gasteiger partial charge in [0.05, 0.1) is 4.47 Å². The molecule has 0 aromatic heterocycles. The van der Waals surface area contributed by atoms with Crippen LogP contribution in [0.3, 0.4) is 0 Å². The van der Waals surface area contributed by atoms with Crippen molar-refractivity contribution in [2.75, 3.05) is 7.05 Å². The number of likely N-dealkylation sites (N-methyl/N-ethyl adjacent to an activating group) is 1. The summed E-state index contributed by atoms with van der Waals surface area (Å²) >= 11 is 3.34. The molecule has 0 bridgehead atoms. The summed E-state index contributed by atoms with van der Waals surface area (Å²) in [5.74, 6) is -0.210. The molecule has 2 aromatic rings. The fraction of sp³-hybridized carbons (Fsp3) is 0.294. The van der Waals surface area contributed by atoms with E-state index in [1.165, 1.54) is 22.8 Å². The molecule has 1 atom stereocenters. The van der Waals surface area contributed by atoms with E-state index in [0.717, 1.165) is 12.0 Å². The number of hydrogen-bond donors (Lipinski definition) is 1. The lowest BCUT2D eigenvalue weighted by molar-refractivity contribution is 0.577. The van der Waals surface area contributed by atoms with Crippen LogP contribution in [-0.4, -0.2) is 7.05 Å². The van der Waals surface area contributed by atoms with Crippen molar-refractivity contribution < 1.29 is 4.39 Å². The Morgan fingerprint density at radius 2 is 1.85 bits per heavy atom. The highest BCUT2D eigenvalue weighted by atomic mass is 79.9. The number of hydrogen-bond acceptors (Lipinski definition) is 1. The van der Waals surface area contributed by atoms with Gasteiger partial charge in [0, 0.05) is 6.04 Å². The van der Waals surface area contributed by atoms with Crippen LogP contribution < -0.4 is 5.32 Å². The summed E-state index contributed by atoms with van der Waals surface area (Å²) in [6.07, 6.45) is 0.749. The average Bonchev–Trinajstić information content (AvgIpc) is 2.44. The van der Waals surface area contributed by atoms with Crippen molar-refractivity contribution in [3.63, 3.8) is 0 Å². The molecule has 0 radical (unpaired) electrons. The average molecular weight is 336 g/mol. The summed E-state index contributed by atoms with van der Waals surface area (Å²) in [6, 6.07) is 11.7. The van der Waals surface area contributed by atoms with Crippen LogP contribution in [0.15, 0.2) is 40.9 Å². The monoisotopic (exact) mass is 335 g/mol. The van der Waals surface area contributed by atoms with Crippen LogP contribution in [-0.2, 0) is 6.42 Å². The second kappa shape index (κ2) is 6.51. The number of rotatable bonds is 4. The third-order valence-corrected chi connectivity index (χ3v) is 4.71. The van der Waals surface area contributed by atoms with Gasteiger partial charge in [0.25, 0.3) is 0 Å². The molecular formula is C17H19BrFN. The third-order valence-electron chi connectivity index (χ3n) is 3.83. The van der Waals surface area contributed by atoms with Crippen LogP contribution in [0.5, 0.6) is 0 Å². The Morgan fingerprint density at radius 3 is 2.55 bits per heavy atom. The Kier molecular flexibility index (Phi) is 4.95. The highest BCUT2D eigenvalue weighted by Crippen LogP contribution is 2.28. The predicted octanol–water partition coefficient (Wildman–Crippen LogP) is 4.71. The number of aryl methyl sites for hydroxylation is 1. The van der Waals surface area contributed by atoms with Crippen molar-refractivity contribution in [3.8, 4) is 0 Å². The molecule has 1 N–H and O–H groups in total. The Morgan fingerprint density at radius 1 is 1.15 bits per heavy atom. The molecule has 2 rings (SSSR count). The standard InChI is InChI=1S/C17H19BrFN/c1-11-6-4-8-14(12(11)2)16(20-3)10-13-7-5-9-15(19)17(13)18/h4-9,16,20H,10H2,1-3H3. The molecule has 0 amide bonds. The van der Waals surface area contributed by atoms with E-state index in [4.69, 9.17) is 0 Å². The summed E-state index contributed by atoms with van der Waals surface area (Å²) in [7, 11) is 1.94. The topological polar surface area (TPSA) is 12.0 Å². The largest absolute Gasteiger partial charge is 0.313 e. The molecule has 20 heavy (non-hydrogen) atoms. The number of nitrogens with one attached hydrogen (secondary N) is 1. The van der Waals surface area contributed by atoms with E-state index in [0.29, 0.717) is 4.47 Å². The van der Waals surface area contributed by atoms with E-state index in [1.807, 2.05) is 13.1 Å². The molecule has 0 aliphatic carbocycles. The zero-order chi connectivity index (χ0) is 14.7. The molecule has 0 spiro atoms. The predicted molar refractivity (Wildman–Crippen MR) is 85.5 cm³/mol. The fourth-order valence-corrected chi connectivity index (χ4v) is 2.87. The van der Waals surface area contributed by atoms with Gasteiger partial charge in [-0.15, -0.1) is 0 Å². The quantitative estimate of drug-likeness (QED) is 0.853. The normalized spacial score (nSPS) is 12.4. The number of benzene rings is 2. The van der Waals surface area contributed by atoms with Gasteiger partial charge in [-0.25, -0.2) is 4.39 Å². The van der Waals surface area contributed by atoms with Gasteiger partial charge in [-0.1, -0.05) is 30.3 Å². The van der Waals surface area contributed by atoms with Gasteiger partial charge in [-0.2, -0.15) is 0 Å². The van der Waals surface area contributed by atoms with Crippen LogP contribution >= 0.6 is 15.9 Å². The Labute approximate surface area is 128 Å². The molecule has 0 aliphatic rings. The molecule has 0 saturated heterocycles. The highest BCUT2D eigenvalue weighted by Gasteiger charge is 2.16. The van der Waals surface area contributed by atoms with Crippen LogP contribution in [0.1, 0.15) is 28.3 Å². The maximum Gasteiger partial charge on any atom is 0.137 e. The molecule has 106 valence electrons. The van der Waals surface area contributed by atoms with Crippen molar-refractivity contribution in [1.82, 2.24) is 5.32 Å². The van der Waals surface area contributed by atoms with Crippen molar-refractivity contribution in [3.05, 3.63) is 68.9 Å². The first kappa shape index (κ1) is 15.2. The molecule has 1 unspecified atom stereocenters. The van der Waals surface area contributed by atoms with Gasteiger partial charge in [-0.3, -0.25) is 0 Å². The van der Waals surface area contributed by atoms with Gasteiger partial charge in [-0.05, 0) is 71.6 Å². The fourth-order valence-electron chi connectivity index (χ4n) is 2.44. The Bertz CT molecular complexity index is 610. The van der Waals surface area contributed by atoms with Crippen molar-refractivity contribution in [1.29, 1.82) is 0 Å². The lowest BCUT2D eigenvalue weighted by Gasteiger charge is -2.21. The molecule has 0 aliphatic heterocycles. The Balaban J connectivity index is 2.34. The second-order valence-corrected chi connectivity index (χ2v) is 5.84. The van der Waals surface area contributed by atoms with Gasteiger partial charge in [0.2, 0.25) is 0 Å². The molecule has 3 heteroatoms. The maximum absolute atomic E-state index is 13.6. The lowest BCUT2D eigenvalue weighted by Crippen LogP contribution is -2.20.